The molecule has 4 heteroatoms. The first kappa shape index (κ1) is 38.4. The Morgan fingerprint density at radius 3 is 0.868 bits per heavy atom. The first-order valence-electron chi connectivity index (χ1n) is 23.5. The van der Waals surface area contributed by atoms with E-state index in [0.717, 1.165) is 34.1 Å². The maximum atomic E-state index is 2.46. The lowest BCUT2D eigenvalue weighted by Crippen LogP contribution is -2.11. The zero-order valence-electron chi connectivity index (χ0n) is 37.7. The van der Waals surface area contributed by atoms with Crippen LogP contribution in [0.5, 0.6) is 0 Å². The van der Waals surface area contributed by atoms with Crippen molar-refractivity contribution >= 4 is 132 Å². The van der Waals surface area contributed by atoms with Crippen LogP contribution in [-0.2, 0) is 14.1 Å². The highest BCUT2D eigenvalue weighted by Crippen LogP contribution is 2.49. The van der Waals surface area contributed by atoms with Gasteiger partial charge < -0.3 is 18.9 Å². The van der Waals surface area contributed by atoms with Crippen LogP contribution in [0.4, 0.5) is 34.1 Å². The summed E-state index contributed by atoms with van der Waals surface area (Å²) in [5.41, 5.74) is 11.6. The van der Waals surface area contributed by atoms with Crippen LogP contribution in [0.15, 0.2) is 231 Å². The smallest absolute Gasteiger partial charge is 0.0742 e. The highest BCUT2D eigenvalue weighted by Gasteiger charge is 2.25. The molecule has 2 heterocycles. The molecule has 2 aromatic heterocycles. The van der Waals surface area contributed by atoms with Gasteiger partial charge >= 0.3 is 0 Å². The summed E-state index contributed by atoms with van der Waals surface area (Å²) in [6, 6.07) is 84.8. The molecule has 0 fully saturated rings. The van der Waals surface area contributed by atoms with Crippen molar-refractivity contribution in [2.24, 2.45) is 14.1 Å². The molecular formula is C64H44N4. The number of fused-ring (bicyclic) bond motifs is 14. The molecule has 0 radical (unpaired) electrons. The van der Waals surface area contributed by atoms with Crippen LogP contribution < -0.4 is 9.80 Å². The third-order valence-corrected chi connectivity index (χ3v) is 14.6. The van der Waals surface area contributed by atoms with Crippen LogP contribution in [0, 0.1) is 0 Å². The van der Waals surface area contributed by atoms with Crippen LogP contribution in [0.25, 0.3) is 97.5 Å². The number of hydrogen-bond donors (Lipinski definition) is 0. The van der Waals surface area contributed by atoms with E-state index < -0.39 is 0 Å². The maximum Gasteiger partial charge on any atom is 0.0742 e. The molecule has 12 aromatic carbocycles. The van der Waals surface area contributed by atoms with Crippen molar-refractivity contribution in [3.8, 4) is 0 Å². The molecule has 0 N–H and O–H groups in total. The number of anilines is 6. The Hall–Kier alpha value is -8.86. The highest BCUT2D eigenvalue weighted by molar-refractivity contribution is 6.36. The largest absolute Gasteiger partial charge is 0.342 e. The minimum atomic E-state index is 1.11. The molecule has 0 saturated carbocycles. The van der Waals surface area contributed by atoms with Crippen molar-refractivity contribution in [3.05, 3.63) is 231 Å². The van der Waals surface area contributed by atoms with Gasteiger partial charge in [0.05, 0.1) is 44.8 Å². The summed E-state index contributed by atoms with van der Waals surface area (Å²) < 4.78 is 4.90. The predicted molar refractivity (Wildman–Crippen MR) is 291 cm³/mol. The van der Waals surface area contributed by atoms with E-state index in [1.165, 1.54) is 97.5 Å². The molecule has 68 heavy (non-hydrogen) atoms. The highest BCUT2D eigenvalue weighted by atomic mass is 15.2. The lowest BCUT2D eigenvalue weighted by Gasteiger charge is -2.28. The van der Waals surface area contributed by atoms with E-state index in [2.05, 4.69) is 264 Å². The van der Waals surface area contributed by atoms with Crippen molar-refractivity contribution in [3.63, 3.8) is 0 Å². The summed E-state index contributed by atoms with van der Waals surface area (Å²) in [5.74, 6) is 0. The number of benzene rings is 12. The quantitative estimate of drug-likeness (QED) is 0.166. The molecule has 14 rings (SSSR count). The standard InChI is InChI=1S/C64H44N4/c1-65-59-39-45(67(55-31-13-21-41-17-3-7-25-47(41)55)56-32-14-22-42-18-4-8-26-48(42)56)35-37-53(59)61-51-29-11-12-30-52(51)62-54-38-36-46(40-60(54)66(2)64(62)63(61)65)68(57-33-15-23-43-19-5-9-27-49(43)57)58-34-16-24-44-20-6-10-28-50(44)58/h3-40H,1-2H3. The second kappa shape index (κ2) is 14.8. The molecule has 0 unspecified atom stereocenters. The molecule has 0 spiro atoms. The lowest BCUT2D eigenvalue weighted by atomic mass is 9.98. The Kier molecular flexibility index (Phi) is 8.38. The zero-order chi connectivity index (χ0) is 45.0. The number of nitrogens with zero attached hydrogens (tertiary/aromatic N) is 4. The van der Waals surface area contributed by atoms with Gasteiger partial charge in [0, 0.05) is 68.6 Å². The van der Waals surface area contributed by atoms with E-state index >= 15 is 0 Å². The van der Waals surface area contributed by atoms with E-state index in [0.29, 0.717) is 0 Å². The maximum absolute atomic E-state index is 2.46. The summed E-state index contributed by atoms with van der Waals surface area (Å²) in [4.78, 5) is 4.93. The molecule has 0 atom stereocenters. The predicted octanol–water partition coefficient (Wildman–Crippen LogP) is 17.7. The fourth-order valence-electron chi connectivity index (χ4n) is 11.6. The molecule has 320 valence electrons. The van der Waals surface area contributed by atoms with Crippen molar-refractivity contribution in [1.29, 1.82) is 0 Å². The molecule has 14 aromatic rings. The first-order chi connectivity index (χ1) is 33.6. The first-order valence-corrected chi connectivity index (χ1v) is 23.5. The topological polar surface area (TPSA) is 16.3 Å². The van der Waals surface area contributed by atoms with Crippen molar-refractivity contribution in [2.45, 2.75) is 0 Å². The van der Waals surface area contributed by atoms with Crippen LogP contribution in [0.2, 0.25) is 0 Å². The van der Waals surface area contributed by atoms with Crippen LogP contribution in [-0.4, -0.2) is 9.13 Å². The van der Waals surface area contributed by atoms with Crippen molar-refractivity contribution in [2.75, 3.05) is 9.80 Å². The zero-order valence-corrected chi connectivity index (χ0v) is 37.7. The van der Waals surface area contributed by atoms with E-state index in [4.69, 9.17) is 0 Å². The fraction of sp³-hybridized carbons (Fsp3) is 0.0312. The van der Waals surface area contributed by atoms with Gasteiger partial charge in [0.2, 0.25) is 0 Å². The van der Waals surface area contributed by atoms with Gasteiger partial charge in [-0.25, -0.2) is 0 Å². The van der Waals surface area contributed by atoms with Crippen LogP contribution in [0.1, 0.15) is 0 Å². The molecule has 0 bridgehead atoms. The normalized spacial score (nSPS) is 12.0. The minimum Gasteiger partial charge on any atom is -0.342 e. The van der Waals surface area contributed by atoms with Crippen LogP contribution >= 0.6 is 0 Å². The molecule has 4 nitrogen and oxygen atoms in total. The van der Waals surface area contributed by atoms with Crippen molar-refractivity contribution < 1.29 is 0 Å². The van der Waals surface area contributed by atoms with Gasteiger partial charge in [-0.3, -0.25) is 0 Å². The Labute approximate surface area is 393 Å². The van der Waals surface area contributed by atoms with Gasteiger partial charge in [-0.05, 0) is 80.8 Å². The molecule has 0 aliphatic carbocycles. The Morgan fingerprint density at radius 1 is 0.265 bits per heavy atom. The second-order valence-electron chi connectivity index (χ2n) is 18.2. The van der Waals surface area contributed by atoms with Gasteiger partial charge in [-0.15, -0.1) is 0 Å². The summed E-state index contributed by atoms with van der Waals surface area (Å²) >= 11 is 0. The molecular weight excluding hydrogens is 825 g/mol. The van der Waals surface area contributed by atoms with Gasteiger partial charge in [0.1, 0.15) is 0 Å². The SMILES string of the molecule is Cn1c2cc(N(c3cccc4ccccc34)c3cccc4ccccc34)ccc2c2c3ccccc3c3c4ccc(N(c5cccc6ccccc56)c5cccc6ccccc56)cc4n(C)c3c21. The lowest BCUT2D eigenvalue weighted by molar-refractivity contribution is 0.986. The Bertz CT molecular complexity index is 3920. The van der Waals surface area contributed by atoms with Gasteiger partial charge in [0.25, 0.3) is 0 Å². The van der Waals surface area contributed by atoms with E-state index in [1.54, 1.807) is 0 Å². The minimum absolute atomic E-state index is 1.11. The molecule has 0 saturated heterocycles. The summed E-state index contributed by atoms with van der Waals surface area (Å²) in [6.45, 7) is 0. The Morgan fingerprint density at radius 2 is 0.544 bits per heavy atom. The number of hydrogen-bond acceptors (Lipinski definition) is 2. The van der Waals surface area contributed by atoms with Crippen LogP contribution in [0.3, 0.4) is 0 Å². The van der Waals surface area contributed by atoms with Gasteiger partial charge in [-0.2, -0.15) is 0 Å². The molecule has 0 aliphatic heterocycles. The fourth-order valence-corrected chi connectivity index (χ4v) is 11.6. The summed E-state index contributed by atoms with van der Waals surface area (Å²) in [6.07, 6.45) is 0. The summed E-state index contributed by atoms with van der Waals surface area (Å²) in [5, 5.41) is 17.3. The second-order valence-corrected chi connectivity index (χ2v) is 18.2. The van der Waals surface area contributed by atoms with E-state index in [9.17, 15) is 0 Å². The van der Waals surface area contributed by atoms with E-state index in [1.807, 2.05) is 0 Å². The molecule has 0 amide bonds. The monoisotopic (exact) mass is 868 g/mol. The average molecular weight is 869 g/mol. The summed E-state index contributed by atoms with van der Waals surface area (Å²) in [7, 11) is 4.52. The Balaban J connectivity index is 1.04. The average Bonchev–Trinajstić information content (AvgIpc) is 3.86. The number of rotatable bonds is 6. The van der Waals surface area contributed by atoms with Crippen molar-refractivity contribution in [1.82, 2.24) is 9.13 Å². The third-order valence-electron chi connectivity index (χ3n) is 14.6. The number of aromatic nitrogens is 2. The number of aryl methyl sites for hydroxylation is 2. The molecule has 0 aliphatic rings. The van der Waals surface area contributed by atoms with Gasteiger partial charge in [-0.1, -0.05) is 182 Å². The van der Waals surface area contributed by atoms with E-state index in [-0.39, 0.29) is 0 Å². The third kappa shape index (κ3) is 5.55. The van der Waals surface area contributed by atoms with Gasteiger partial charge in [0.15, 0.2) is 0 Å².